The average molecular weight is 302 g/mol. The zero-order chi connectivity index (χ0) is 15.8. The second-order valence-corrected chi connectivity index (χ2v) is 6.00. The minimum atomic E-state index is -2.50. The van der Waals surface area contributed by atoms with Gasteiger partial charge in [-0.15, -0.1) is 0 Å². The van der Waals surface area contributed by atoms with Gasteiger partial charge in [-0.1, -0.05) is 0 Å². The molecule has 0 radical (unpaired) electrons. The zero-order valence-electron chi connectivity index (χ0n) is 12.4. The smallest absolute Gasteiger partial charge is 0.398 e. The molecule has 0 amide bonds. The third-order valence-electron chi connectivity index (χ3n) is 3.76. The molecule has 2 heterocycles. The molecule has 0 bridgehead atoms. The van der Waals surface area contributed by atoms with Gasteiger partial charge in [0.15, 0.2) is 0 Å². The molecular weight excluding hydrogens is 284 g/mol. The second-order valence-electron chi connectivity index (χ2n) is 6.00. The van der Waals surface area contributed by atoms with E-state index in [1.807, 2.05) is 27.7 Å². The highest BCUT2D eigenvalue weighted by atomic mass is 19.3. The van der Waals surface area contributed by atoms with E-state index in [4.69, 9.17) is 9.31 Å². The Morgan fingerprint density at radius 3 is 2.43 bits per heavy atom. The Hall–Kier alpha value is -1.28. The summed E-state index contributed by atoms with van der Waals surface area (Å²) in [6, 6.07) is 0. The van der Waals surface area contributed by atoms with Gasteiger partial charge in [0.1, 0.15) is 12.3 Å². The number of hydrogen-bond donors (Lipinski definition) is 0. The molecule has 0 atom stereocenters. The molecule has 1 aliphatic heterocycles. The Bertz CT molecular complexity index is 527. The van der Waals surface area contributed by atoms with Crippen molar-refractivity contribution in [3.8, 4) is 0 Å². The first-order valence-corrected chi connectivity index (χ1v) is 6.64. The van der Waals surface area contributed by atoms with Crippen LogP contribution in [0.15, 0.2) is 18.1 Å². The SMILES string of the molecule is CC1(C)OB(C(F)=Cc2cnn(CC(F)F)c2)OC1(C)C. The second kappa shape index (κ2) is 5.49. The van der Waals surface area contributed by atoms with Crippen molar-refractivity contribution in [2.75, 3.05) is 0 Å². The first kappa shape index (κ1) is 16.1. The summed E-state index contributed by atoms with van der Waals surface area (Å²) in [5, 5.41) is 3.74. The quantitative estimate of drug-likeness (QED) is 0.802. The van der Waals surface area contributed by atoms with Crippen molar-refractivity contribution in [1.29, 1.82) is 0 Å². The van der Waals surface area contributed by atoms with Gasteiger partial charge in [0.25, 0.3) is 6.43 Å². The summed E-state index contributed by atoms with van der Waals surface area (Å²) in [6.07, 6.45) is 1.33. The Morgan fingerprint density at radius 2 is 1.90 bits per heavy atom. The standard InChI is InChI=1S/C13H18BF3N2O2/c1-12(2)13(3,4)21-14(20-12)10(15)5-9-6-18-19(7-9)8-11(16)17/h5-7,11H,8H2,1-4H3. The molecule has 8 heteroatoms. The fourth-order valence-corrected chi connectivity index (χ4v) is 1.88. The third kappa shape index (κ3) is 3.49. The lowest BCUT2D eigenvalue weighted by molar-refractivity contribution is 0.00578. The lowest BCUT2D eigenvalue weighted by atomic mass is 9.87. The van der Waals surface area contributed by atoms with Gasteiger partial charge in [-0.2, -0.15) is 5.10 Å². The van der Waals surface area contributed by atoms with Crippen LogP contribution in [0.25, 0.3) is 6.08 Å². The number of alkyl halides is 2. The highest BCUT2D eigenvalue weighted by molar-refractivity contribution is 6.54. The van der Waals surface area contributed by atoms with Crippen LogP contribution < -0.4 is 0 Å². The molecule has 2 rings (SSSR count). The summed E-state index contributed by atoms with van der Waals surface area (Å²) in [5.74, 6) is 0. The van der Waals surface area contributed by atoms with Crippen molar-refractivity contribution in [3.63, 3.8) is 0 Å². The van der Waals surface area contributed by atoms with Crippen molar-refractivity contribution in [2.45, 2.75) is 51.9 Å². The minimum Gasteiger partial charge on any atom is -0.398 e. The van der Waals surface area contributed by atoms with Gasteiger partial charge in [0, 0.05) is 11.8 Å². The third-order valence-corrected chi connectivity index (χ3v) is 3.76. The molecule has 4 nitrogen and oxygen atoms in total. The summed E-state index contributed by atoms with van der Waals surface area (Å²) in [6.45, 7) is 6.76. The summed E-state index contributed by atoms with van der Waals surface area (Å²) >= 11 is 0. The van der Waals surface area contributed by atoms with E-state index in [0.29, 0.717) is 5.56 Å². The highest BCUT2D eigenvalue weighted by Gasteiger charge is 2.53. The Kier molecular flexibility index (Phi) is 4.21. The minimum absolute atomic E-state index is 0.378. The Labute approximate surface area is 122 Å². The van der Waals surface area contributed by atoms with E-state index >= 15 is 0 Å². The fourth-order valence-electron chi connectivity index (χ4n) is 1.88. The van der Waals surface area contributed by atoms with Crippen molar-refractivity contribution in [2.24, 2.45) is 0 Å². The van der Waals surface area contributed by atoms with Gasteiger partial charge in [-0.25, -0.2) is 13.2 Å². The lowest BCUT2D eigenvalue weighted by Gasteiger charge is -2.32. The van der Waals surface area contributed by atoms with Crippen LogP contribution in [0.3, 0.4) is 0 Å². The van der Waals surface area contributed by atoms with Crippen LogP contribution in [0.4, 0.5) is 13.2 Å². The number of rotatable bonds is 4. The summed E-state index contributed by atoms with van der Waals surface area (Å²) in [5.41, 5.74) is -1.51. The topological polar surface area (TPSA) is 36.3 Å². The van der Waals surface area contributed by atoms with Crippen LogP contribution in [0, 0.1) is 0 Å². The number of halogens is 3. The van der Waals surface area contributed by atoms with E-state index in [1.165, 1.54) is 18.5 Å². The largest absolute Gasteiger partial charge is 0.525 e. The van der Waals surface area contributed by atoms with E-state index in [-0.39, 0.29) is 0 Å². The van der Waals surface area contributed by atoms with Crippen LogP contribution in [0.1, 0.15) is 33.3 Å². The lowest BCUT2D eigenvalue weighted by Crippen LogP contribution is -2.41. The van der Waals surface area contributed by atoms with Crippen molar-refractivity contribution < 1.29 is 22.5 Å². The van der Waals surface area contributed by atoms with E-state index < -0.39 is 37.0 Å². The first-order chi connectivity index (χ1) is 9.60. The first-order valence-electron chi connectivity index (χ1n) is 6.64. The monoisotopic (exact) mass is 302 g/mol. The van der Waals surface area contributed by atoms with Gasteiger partial charge < -0.3 is 9.31 Å². The van der Waals surface area contributed by atoms with Gasteiger partial charge in [-0.05, 0) is 33.8 Å². The van der Waals surface area contributed by atoms with Gasteiger partial charge >= 0.3 is 7.12 Å². The maximum Gasteiger partial charge on any atom is 0.525 e. The van der Waals surface area contributed by atoms with Crippen LogP contribution in [0.5, 0.6) is 0 Å². The number of aromatic nitrogens is 2. The van der Waals surface area contributed by atoms with Crippen molar-refractivity contribution >= 4 is 13.2 Å². The summed E-state index contributed by atoms with van der Waals surface area (Å²) in [7, 11) is -1.10. The molecule has 1 aromatic rings. The van der Waals surface area contributed by atoms with Crippen LogP contribution in [-0.4, -0.2) is 34.5 Å². The summed E-state index contributed by atoms with van der Waals surface area (Å²) < 4.78 is 50.8. The summed E-state index contributed by atoms with van der Waals surface area (Å²) in [4.78, 5) is 0. The fraction of sp³-hybridized carbons (Fsp3) is 0.615. The molecule has 0 N–H and O–H groups in total. The Balaban J connectivity index is 2.10. The molecule has 116 valence electrons. The Morgan fingerprint density at radius 1 is 1.33 bits per heavy atom. The van der Waals surface area contributed by atoms with E-state index in [9.17, 15) is 13.2 Å². The van der Waals surface area contributed by atoms with E-state index in [0.717, 1.165) is 4.68 Å². The predicted octanol–water partition coefficient (Wildman–Crippen LogP) is 3.09. The molecule has 21 heavy (non-hydrogen) atoms. The zero-order valence-corrected chi connectivity index (χ0v) is 12.4. The maximum atomic E-state index is 14.2. The molecular formula is C13H18BF3N2O2. The van der Waals surface area contributed by atoms with Gasteiger partial charge in [0.2, 0.25) is 0 Å². The molecule has 1 fully saturated rings. The average Bonchev–Trinajstić information content (AvgIpc) is 2.81. The molecule has 0 aromatic carbocycles. The molecule has 1 aliphatic rings. The van der Waals surface area contributed by atoms with Crippen LogP contribution in [-0.2, 0) is 15.9 Å². The van der Waals surface area contributed by atoms with Gasteiger partial charge in [-0.3, -0.25) is 4.68 Å². The molecule has 0 aliphatic carbocycles. The number of nitrogens with zero attached hydrogens (tertiary/aromatic N) is 2. The van der Waals surface area contributed by atoms with Crippen LogP contribution >= 0.6 is 0 Å². The molecule has 0 unspecified atom stereocenters. The molecule has 0 saturated carbocycles. The van der Waals surface area contributed by atoms with Gasteiger partial charge in [0.05, 0.1) is 17.4 Å². The molecule has 0 spiro atoms. The normalized spacial score (nSPS) is 21.3. The maximum absolute atomic E-state index is 14.2. The van der Waals surface area contributed by atoms with E-state index in [2.05, 4.69) is 5.10 Å². The predicted molar refractivity (Wildman–Crippen MR) is 73.4 cm³/mol. The van der Waals surface area contributed by atoms with Crippen molar-refractivity contribution in [1.82, 2.24) is 9.78 Å². The van der Waals surface area contributed by atoms with Crippen LogP contribution in [0.2, 0.25) is 0 Å². The molecule has 1 aromatic heterocycles. The number of hydrogen-bond acceptors (Lipinski definition) is 3. The highest BCUT2D eigenvalue weighted by Crippen LogP contribution is 2.39. The molecule has 1 saturated heterocycles. The van der Waals surface area contributed by atoms with Crippen molar-refractivity contribution in [3.05, 3.63) is 23.7 Å². The van der Waals surface area contributed by atoms with E-state index in [1.54, 1.807) is 0 Å².